The third-order valence-corrected chi connectivity index (χ3v) is 6.11. The van der Waals surface area contributed by atoms with E-state index in [1.165, 1.54) is 0 Å². The van der Waals surface area contributed by atoms with Crippen molar-refractivity contribution >= 4 is 15.8 Å². The summed E-state index contributed by atoms with van der Waals surface area (Å²) in [7, 11) is -2.97. The van der Waals surface area contributed by atoms with Crippen molar-refractivity contribution in [1.82, 2.24) is 15.2 Å². The molecule has 0 spiro atoms. The van der Waals surface area contributed by atoms with Gasteiger partial charge < -0.3 is 5.32 Å². The smallest absolute Gasteiger partial charge is 0.243 e. The van der Waals surface area contributed by atoms with Crippen molar-refractivity contribution in [2.24, 2.45) is 0 Å². The molecule has 3 aromatic rings. The summed E-state index contributed by atoms with van der Waals surface area (Å²) in [4.78, 5) is 4.65. The molecule has 0 amide bonds. The quantitative estimate of drug-likeness (QED) is 0.764. The number of sulfone groups is 1. The van der Waals surface area contributed by atoms with Gasteiger partial charge in [-0.3, -0.25) is 0 Å². The Bertz CT molecular complexity index is 1010. The van der Waals surface area contributed by atoms with Crippen LogP contribution in [-0.4, -0.2) is 41.1 Å². The average molecular weight is 366 g/mol. The number of hydrogen-bond acceptors (Lipinski definition) is 6. The number of hydrogen-bond donors (Lipinski definition) is 1. The van der Waals surface area contributed by atoms with E-state index in [-0.39, 0.29) is 17.5 Å². The van der Waals surface area contributed by atoms with Gasteiger partial charge in [-0.05, 0) is 6.42 Å². The van der Waals surface area contributed by atoms with Gasteiger partial charge in [0.1, 0.15) is 11.4 Å². The zero-order valence-corrected chi connectivity index (χ0v) is 14.9. The fraction of sp³-hybridized carbons (Fsp3) is 0.211. The summed E-state index contributed by atoms with van der Waals surface area (Å²) in [6.45, 7) is 0. The van der Waals surface area contributed by atoms with Crippen LogP contribution in [0.4, 0.5) is 5.95 Å². The molecule has 0 aliphatic carbocycles. The largest absolute Gasteiger partial charge is 0.349 e. The standard InChI is InChI=1S/C19H18N4O2S/c24-26(25)12-11-16(13-26)20-19-21-17(14-7-3-1-4-8-14)18(22-23-19)15-9-5-2-6-10-15/h1-10,16H,11-13H2,(H,20,21,23). The zero-order chi connectivity index (χ0) is 18.0. The second kappa shape index (κ2) is 6.84. The van der Waals surface area contributed by atoms with Gasteiger partial charge in [-0.15, -0.1) is 10.2 Å². The lowest BCUT2D eigenvalue weighted by Gasteiger charge is -2.13. The lowest BCUT2D eigenvalue weighted by atomic mass is 10.0. The third-order valence-electron chi connectivity index (χ3n) is 4.35. The molecular weight excluding hydrogens is 348 g/mol. The first-order chi connectivity index (χ1) is 12.6. The Labute approximate surface area is 152 Å². The molecule has 1 saturated heterocycles. The maximum atomic E-state index is 11.7. The van der Waals surface area contributed by atoms with E-state index in [1.807, 2.05) is 60.7 Å². The van der Waals surface area contributed by atoms with Gasteiger partial charge >= 0.3 is 0 Å². The van der Waals surface area contributed by atoms with E-state index in [1.54, 1.807) is 0 Å². The maximum absolute atomic E-state index is 11.7. The lowest BCUT2D eigenvalue weighted by Crippen LogP contribution is -2.22. The van der Waals surface area contributed by atoms with E-state index in [4.69, 9.17) is 0 Å². The van der Waals surface area contributed by atoms with Gasteiger partial charge in [0.15, 0.2) is 9.84 Å². The minimum absolute atomic E-state index is 0.109. The van der Waals surface area contributed by atoms with Crippen LogP contribution in [0.2, 0.25) is 0 Å². The number of aromatic nitrogens is 3. The van der Waals surface area contributed by atoms with E-state index in [0.717, 1.165) is 16.8 Å². The van der Waals surface area contributed by atoms with Crippen molar-refractivity contribution in [3.05, 3.63) is 60.7 Å². The van der Waals surface area contributed by atoms with E-state index in [9.17, 15) is 8.42 Å². The van der Waals surface area contributed by atoms with E-state index in [0.29, 0.717) is 18.1 Å². The Morgan fingerprint density at radius 2 is 1.46 bits per heavy atom. The fourth-order valence-electron chi connectivity index (χ4n) is 3.07. The van der Waals surface area contributed by atoms with Crippen molar-refractivity contribution in [2.75, 3.05) is 16.8 Å². The molecule has 26 heavy (non-hydrogen) atoms. The summed E-state index contributed by atoms with van der Waals surface area (Å²) in [5.41, 5.74) is 3.28. The van der Waals surface area contributed by atoms with Gasteiger partial charge in [0.25, 0.3) is 0 Å². The molecule has 1 N–H and O–H groups in total. The highest BCUT2D eigenvalue weighted by molar-refractivity contribution is 7.91. The van der Waals surface area contributed by atoms with Gasteiger partial charge in [-0.2, -0.15) is 0 Å². The summed E-state index contributed by atoms with van der Waals surface area (Å²) in [6, 6.07) is 19.4. The summed E-state index contributed by atoms with van der Waals surface area (Å²) >= 11 is 0. The molecule has 6 nitrogen and oxygen atoms in total. The van der Waals surface area contributed by atoms with Crippen LogP contribution in [0.15, 0.2) is 60.7 Å². The summed E-state index contributed by atoms with van der Waals surface area (Å²) in [5, 5.41) is 11.7. The fourth-order valence-corrected chi connectivity index (χ4v) is 4.74. The molecule has 1 aromatic heterocycles. The Morgan fingerprint density at radius 1 is 0.846 bits per heavy atom. The number of benzene rings is 2. The highest BCUT2D eigenvalue weighted by Crippen LogP contribution is 2.29. The van der Waals surface area contributed by atoms with Crippen LogP contribution in [0.1, 0.15) is 6.42 Å². The van der Waals surface area contributed by atoms with Crippen LogP contribution in [0, 0.1) is 0 Å². The highest BCUT2D eigenvalue weighted by Gasteiger charge is 2.28. The van der Waals surface area contributed by atoms with Crippen LogP contribution < -0.4 is 5.32 Å². The number of nitrogens with one attached hydrogen (secondary N) is 1. The molecule has 2 aromatic carbocycles. The molecule has 4 rings (SSSR count). The van der Waals surface area contributed by atoms with Crippen molar-refractivity contribution < 1.29 is 8.42 Å². The van der Waals surface area contributed by atoms with Gasteiger partial charge in [0, 0.05) is 17.2 Å². The predicted octanol–water partition coefficient (Wildman–Crippen LogP) is 2.80. The summed E-state index contributed by atoms with van der Waals surface area (Å²) in [6.07, 6.45) is 0.562. The highest BCUT2D eigenvalue weighted by atomic mass is 32.2. The molecular formula is C19H18N4O2S. The number of rotatable bonds is 4. The van der Waals surface area contributed by atoms with Crippen molar-refractivity contribution in [3.63, 3.8) is 0 Å². The first-order valence-corrected chi connectivity index (χ1v) is 10.3. The normalized spacial score (nSPS) is 18.5. The van der Waals surface area contributed by atoms with Gasteiger partial charge in [0.05, 0.1) is 11.5 Å². The Hall–Kier alpha value is -2.80. The molecule has 1 aliphatic heterocycles. The van der Waals surface area contributed by atoms with Gasteiger partial charge in [0.2, 0.25) is 5.95 Å². The van der Waals surface area contributed by atoms with Crippen molar-refractivity contribution in [3.8, 4) is 22.5 Å². The van der Waals surface area contributed by atoms with Crippen LogP contribution in [0.3, 0.4) is 0 Å². The minimum atomic E-state index is -2.97. The van der Waals surface area contributed by atoms with Gasteiger partial charge in [-0.1, -0.05) is 60.7 Å². The number of nitrogens with zero attached hydrogens (tertiary/aromatic N) is 3. The molecule has 1 fully saturated rings. The zero-order valence-electron chi connectivity index (χ0n) is 14.0. The summed E-state index contributed by atoms with van der Waals surface area (Å²) < 4.78 is 23.3. The maximum Gasteiger partial charge on any atom is 0.243 e. The molecule has 0 saturated carbocycles. The minimum Gasteiger partial charge on any atom is -0.349 e. The molecule has 7 heteroatoms. The Kier molecular flexibility index (Phi) is 4.38. The summed E-state index contributed by atoms with van der Waals surface area (Å²) in [5.74, 6) is 0.661. The SMILES string of the molecule is O=S1(=O)CCC(Nc2nnc(-c3ccccc3)c(-c3ccccc3)n2)C1. The molecule has 0 radical (unpaired) electrons. The van der Waals surface area contributed by atoms with Crippen LogP contribution in [0.5, 0.6) is 0 Å². The molecule has 1 atom stereocenters. The topological polar surface area (TPSA) is 84.8 Å². The van der Waals surface area contributed by atoms with E-state index in [2.05, 4.69) is 20.5 Å². The van der Waals surface area contributed by atoms with Crippen LogP contribution in [-0.2, 0) is 9.84 Å². The van der Waals surface area contributed by atoms with E-state index < -0.39 is 9.84 Å². The first kappa shape index (κ1) is 16.7. The van der Waals surface area contributed by atoms with E-state index >= 15 is 0 Å². The second-order valence-electron chi connectivity index (χ2n) is 6.31. The van der Waals surface area contributed by atoms with Crippen LogP contribution >= 0.6 is 0 Å². The number of anilines is 1. The Morgan fingerprint density at radius 3 is 2.04 bits per heavy atom. The van der Waals surface area contributed by atoms with Crippen molar-refractivity contribution in [2.45, 2.75) is 12.5 Å². The molecule has 1 unspecified atom stereocenters. The third kappa shape index (κ3) is 3.57. The Balaban J connectivity index is 1.73. The average Bonchev–Trinajstić information content (AvgIpc) is 3.01. The molecule has 132 valence electrons. The predicted molar refractivity (Wildman–Crippen MR) is 101 cm³/mol. The lowest BCUT2D eigenvalue weighted by molar-refractivity contribution is 0.602. The van der Waals surface area contributed by atoms with Crippen molar-refractivity contribution in [1.29, 1.82) is 0 Å². The van der Waals surface area contributed by atoms with Crippen LogP contribution in [0.25, 0.3) is 22.5 Å². The molecule has 0 bridgehead atoms. The van der Waals surface area contributed by atoms with Gasteiger partial charge in [-0.25, -0.2) is 13.4 Å². The first-order valence-electron chi connectivity index (χ1n) is 8.43. The molecule has 1 aliphatic rings. The second-order valence-corrected chi connectivity index (χ2v) is 8.54. The monoisotopic (exact) mass is 366 g/mol. The molecule has 2 heterocycles.